The van der Waals surface area contributed by atoms with Crippen molar-refractivity contribution in [2.24, 2.45) is 0 Å². The standard InChI is InChI=1S/C11H7N3O5.C6H5NO3.C5H3ClN2O2/c15-13(16)8-1-4-10(5-2-8)19-11-6-3-9(7-12-11)14(17)18;8-6-3-1-5(2-4-6)7(9)10;6-5-2-1-4(3-7-5)8(9)10/h1-7H;1-4,8H;1-3H. The summed E-state index contributed by atoms with van der Waals surface area (Å²) in [6.45, 7) is 0. The van der Waals surface area contributed by atoms with Crippen molar-refractivity contribution >= 4 is 34.4 Å². The van der Waals surface area contributed by atoms with Gasteiger partial charge in [0.05, 0.1) is 19.7 Å². The Morgan fingerprint density at radius 2 is 1.00 bits per heavy atom. The predicted octanol–water partition coefficient (Wildman–Crippen LogP) is 5.63. The van der Waals surface area contributed by atoms with Crippen LogP contribution in [-0.4, -0.2) is 34.8 Å². The summed E-state index contributed by atoms with van der Waals surface area (Å²) in [5.74, 6) is 0.553. The summed E-state index contributed by atoms with van der Waals surface area (Å²) in [6.07, 6.45) is 2.18. The number of hydrogen-bond donors (Lipinski definition) is 1. The van der Waals surface area contributed by atoms with E-state index in [4.69, 9.17) is 21.4 Å². The average molecular weight is 559 g/mol. The SMILES string of the molecule is O=[N+]([O-])c1ccc(Cl)nc1.O=[N+]([O-])c1ccc(O)cc1.O=[N+]([O-])c1ccc(Oc2ccc([N+](=O)[O-])cn2)cc1. The molecule has 2 aromatic carbocycles. The van der Waals surface area contributed by atoms with Crippen LogP contribution in [0.4, 0.5) is 22.7 Å². The molecule has 0 radical (unpaired) electrons. The zero-order chi connectivity index (χ0) is 28.9. The average Bonchev–Trinajstić information content (AvgIpc) is 2.90. The second kappa shape index (κ2) is 14.1. The third kappa shape index (κ3) is 10.0. The van der Waals surface area contributed by atoms with Crippen molar-refractivity contribution in [2.45, 2.75) is 0 Å². The number of nitrogens with zero attached hydrogens (tertiary/aromatic N) is 6. The van der Waals surface area contributed by atoms with Crippen molar-refractivity contribution in [2.75, 3.05) is 0 Å². The van der Waals surface area contributed by atoms with Crippen LogP contribution >= 0.6 is 11.6 Å². The van der Waals surface area contributed by atoms with Gasteiger partial charge in [0.1, 0.15) is 29.0 Å². The van der Waals surface area contributed by atoms with Gasteiger partial charge >= 0.3 is 0 Å². The molecule has 0 unspecified atom stereocenters. The van der Waals surface area contributed by atoms with Crippen LogP contribution < -0.4 is 4.74 Å². The van der Waals surface area contributed by atoms with Crippen LogP contribution in [0.1, 0.15) is 0 Å². The third-order valence-electron chi connectivity index (χ3n) is 4.18. The van der Waals surface area contributed by atoms with Gasteiger partial charge < -0.3 is 9.84 Å². The van der Waals surface area contributed by atoms with E-state index in [0.717, 1.165) is 12.4 Å². The normalized spacial score (nSPS) is 9.56. The number of phenols is 1. The number of phenolic OH excluding ortho intramolecular Hbond substituents is 1. The molecule has 0 fully saturated rings. The number of ether oxygens (including phenoxy) is 1. The van der Waals surface area contributed by atoms with Crippen molar-refractivity contribution < 1.29 is 29.5 Å². The van der Waals surface area contributed by atoms with Gasteiger partial charge in [-0.1, -0.05) is 11.6 Å². The maximum Gasteiger partial charge on any atom is 0.287 e. The van der Waals surface area contributed by atoms with E-state index in [9.17, 15) is 40.5 Å². The first-order valence-corrected chi connectivity index (χ1v) is 10.6. The molecular weight excluding hydrogens is 544 g/mol. The van der Waals surface area contributed by atoms with Crippen molar-refractivity contribution in [3.8, 4) is 17.4 Å². The van der Waals surface area contributed by atoms with Gasteiger partial charge in [0.2, 0.25) is 5.88 Å². The van der Waals surface area contributed by atoms with Gasteiger partial charge in [-0.05, 0) is 30.3 Å². The molecule has 4 rings (SSSR count). The van der Waals surface area contributed by atoms with Gasteiger partial charge in [-0.3, -0.25) is 40.5 Å². The molecule has 39 heavy (non-hydrogen) atoms. The molecule has 2 aromatic heterocycles. The molecule has 1 N–H and O–H groups in total. The number of non-ortho nitro benzene ring substituents is 2. The summed E-state index contributed by atoms with van der Waals surface area (Å²) < 4.78 is 5.29. The first-order valence-electron chi connectivity index (χ1n) is 10.2. The fraction of sp³-hybridized carbons (Fsp3) is 0. The van der Waals surface area contributed by atoms with Crippen LogP contribution in [0.15, 0.2) is 85.2 Å². The Morgan fingerprint density at radius 3 is 1.38 bits per heavy atom. The Balaban J connectivity index is 0.000000225. The van der Waals surface area contributed by atoms with Gasteiger partial charge in [0, 0.05) is 42.5 Å². The summed E-state index contributed by atoms with van der Waals surface area (Å²) in [6, 6.07) is 15.7. The van der Waals surface area contributed by atoms with E-state index in [1.54, 1.807) is 0 Å². The van der Waals surface area contributed by atoms with Crippen LogP contribution in [0.25, 0.3) is 0 Å². The summed E-state index contributed by atoms with van der Waals surface area (Å²) in [7, 11) is 0. The largest absolute Gasteiger partial charge is 0.508 e. The van der Waals surface area contributed by atoms with E-state index in [2.05, 4.69) is 9.97 Å². The lowest BCUT2D eigenvalue weighted by Crippen LogP contribution is -1.92. The van der Waals surface area contributed by atoms with Crippen molar-refractivity contribution in [3.63, 3.8) is 0 Å². The highest BCUT2D eigenvalue weighted by Crippen LogP contribution is 2.23. The van der Waals surface area contributed by atoms with E-state index < -0.39 is 19.7 Å². The van der Waals surface area contributed by atoms with Crippen LogP contribution in [-0.2, 0) is 0 Å². The highest BCUT2D eigenvalue weighted by atomic mass is 35.5. The fourth-order valence-corrected chi connectivity index (χ4v) is 2.46. The molecule has 0 spiro atoms. The number of halogens is 1. The van der Waals surface area contributed by atoms with E-state index in [1.165, 1.54) is 72.8 Å². The minimum absolute atomic E-state index is 0.0159. The Bertz CT molecular complexity index is 1320. The number of rotatable bonds is 6. The monoisotopic (exact) mass is 558 g/mol. The summed E-state index contributed by atoms with van der Waals surface area (Å²) in [5, 5.41) is 49.9. The third-order valence-corrected chi connectivity index (χ3v) is 4.41. The Hall–Kier alpha value is -5.77. The lowest BCUT2D eigenvalue weighted by Gasteiger charge is -2.03. The van der Waals surface area contributed by atoms with Gasteiger partial charge in [-0.15, -0.1) is 0 Å². The quantitative estimate of drug-likeness (QED) is 0.172. The molecule has 0 aliphatic heterocycles. The van der Waals surface area contributed by atoms with Crippen molar-refractivity contribution in [3.05, 3.63) is 131 Å². The molecule has 200 valence electrons. The number of benzene rings is 2. The van der Waals surface area contributed by atoms with Crippen molar-refractivity contribution in [1.29, 1.82) is 0 Å². The molecule has 0 aliphatic rings. The first kappa shape index (κ1) is 29.5. The number of hydrogen-bond acceptors (Lipinski definition) is 12. The van der Waals surface area contributed by atoms with Gasteiger partial charge in [0.15, 0.2) is 0 Å². The lowest BCUT2D eigenvalue weighted by molar-refractivity contribution is -0.385. The topological polar surface area (TPSA) is 228 Å². The maximum atomic E-state index is 10.5. The lowest BCUT2D eigenvalue weighted by atomic mass is 10.3. The van der Waals surface area contributed by atoms with Crippen molar-refractivity contribution in [1.82, 2.24) is 9.97 Å². The first-order chi connectivity index (χ1) is 18.5. The number of aromatic hydroxyl groups is 1. The van der Waals surface area contributed by atoms with Gasteiger partial charge in [-0.2, -0.15) is 0 Å². The molecule has 4 aromatic rings. The second-order valence-corrected chi connectivity index (χ2v) is 7.22. The minimum Gasteiger partial charge on any atom is -0.508 e. The molecule has 0 aliphatic carbocycles. The predicted molar refractivity (Wildman–Crippen MR) is 135 cm³/mol. The van der Waals surface area contributed by atoms with Gasteiger partial charge in [-0.25, -0.2) is 9.97 Å². The van der Waals surface area contributed by atoms with Crippen LogP contribution in [0.2, 0.25) is 5.15 Å². The Labute approximate surface area is 222 Å². The van der Waals surface area contributed by atoms with Gasteiger partial charge in [0.25, 0.3) is 22.7 Å². The van der Waals surface area contributed by atoms with E-state index in [-0.39, 0.29) is 39.5 Å². The molecule has 17 heteroatoms. The zero-order valence-electron chi connectivity index (χ0n) is 19.3. The Morgan fingerprint density at radius 1 is 0.590 bits per heavy atom. The van der Waals surface area contributed by atoms with Crippen LogP contribution in [0.5, 0.6) is 17.4 Å². The number of nitro benzene ring substituents is 2. The number of pyridine rings is 2. The van der Waals surface area contributed by atoms with Crippen LogP contribution in [0, 0.1) is 40.5 Å². The molecule has 0 saturated heterocycles. The Kier molecular flexibility index (Phi) is 10.6. The summed E-state index contributed by atoms with van der Waals surface area (Å²) in [4.78, 5) is 46.1. The summed E-state index contributed by atoms with van der Waals surface area (Å²) in [5.41, 5.74) is -0.262. The molecule has 0 atom stereocenters. The van der Waals surface area contributed by atoms with E-state index in [1.807, 2.05) is 0 Å². The minimum atomic E-state index is -0.567. The molecule has 0 bridgehead atoms. The molecule has 2 heterocycles. The molecular formula is C22H15ClN6O10. The molecule has 16 nitrogen and oxygen atoms in total. The fourth-order valence-electron chi connectivity index (χ4n) is 2.35. The van der Waals surface area contributed by atoms with E-state index in [0.29, 0.717) is 5.75 Å². The second-order valence-electron chi connectivity index (χ2n) is 6.83. The zero-order valence-corrected chi connectivity index (χ0v) is 20.0. The highest BCUT2D eigenvalue weighted by molar-refractivity contribution is 6.29. The van der Waals surface area contributed by atoms with Crippen LogP contribution in [0.3, 0.4) is 0 Å². The summed E-state index contributed by atoms with van der Waals surface area (Å²) >= 11 is 5.38. The smallest absolute Gasteiger partial charge is 0.287 e. The molecule has 0 amide bonds. The number of nitro groups is 4. The number of aromatic nitrogens is 2. The maximum absolute atomic E-state index is 10.5. The molecule has 0 saturated carbocycles. The van der Waals surface area contributed by atoms with E-state index >= 15 is 0 Å². The highest BCUT2D eigenvalue weighted by Gasteiger charge is 2.08.